The van der Waals surface area contributed by atoms with Gasteiger partial charge in [-0.1, -0.05) is 18.2 Å². The van der Waals surface area contributed by atoms with E-state index in [-0.39, 0.29) is 30.1 Å². The van der Waals surface area contributed by atoms with Crippen molar-refractivity contribution in [3.8, 4) is 0 Å². The molecule has 1 atom stereocenters. The van der Waals surface area contributed by atoms with Gasteiger partial charge in [-0.15, -0.1) is 0 Å². The number of nitrogens with zero attached hydrogens (tertiary/aromatic N) is 1. The number of primary sulfonamides is 1. The summed E-state index contributed by atoms with van der Waals surface area (Å²) in [6.07, 6.45) is -4.43. The smallest absolute Gasteiger partial charge is 0.416 e. The third-order valence-corrected chi connectivity index (χ3v) is 6.21. The zero-order chi connectivity index (χ0) is 25.8. The Labute approximate surface area is 199 Å². The molecular formula is C22H22F3N3O6S. The topological polar surface area (TPSA) is 136 Å². The van der Waals surface area contributed by atoms with Crippen molar-refractivity contribution in [2.75, 3.05) is 24.6 Å². The number of nitrogens with two attached hydrogens (primary N) is 1. The molecule has 1 fully saturated rings. The minimum Gasteiger partial charge on any atom is -0.455 e. The Hall–Kier alpha value is -3.45. The number of alkyl halides is 3. The van der Waals surface area contributed by atoms with Crippen LogP contribution in [0, 0.1) is 5.92 Å². The first-order valence-electron chi connectivity index (χ1n) is 10.4. The van der Waals surface area contributed by atoms with Crippen LogP contribution in [-0.4, -0.2) is 45.9 Å². The third kappa shape index (κ3) is 7.02. The number of sulfonamides is 1. The maximum absolute atomic E-state index is 12.9. The molecular weight excluding hydrogens is 491 g/mol. The molecule has 9 nitrogen and oxygen atoms in total. The maximum Gasteiger partial charge on any atom is 0.416 e. The fourth-order valence-electron chi connectivity index (χ4n) is 3.46. The molecule has 0 saturated carbocycles. The van der Waals surface area contributed by atoms with Crippen molar-refractivity contribution in [3.63, 3.8) is 0 Å². The van der Waals surface area contributed by atoms with E-state index < -0.39 is 52.1 Å². The Morgan fingerprint density at radius 1 is 1.14 bits per heavy atom. The predicted molar refractivity (Wildman–Crippen MR) is 117 cm³/mol. The molecule has 2 amide bonds. The van der Waals surface area contributed by atoms with Crippen molar-refractivity contribution in [1.82, 2.24) is 5.32 Å². The molecule has 2 aromatic rings. The van der Waals surface area contributed by atoms with Crippen LogP contribution in [0.5, 0.6) is 0 Å². The van der Waals surface area contributed by atoms with Crippen molar-refractivity contribution in [1.29, 1.82) is 0 Å². The van der Waals surface area contributed by atoms with Gasteiger partial charge in [-0.3, -0.25) is 14.4 Å². The summed E-state index contributed by atoms with van der Waals surface area (Å²) < 4.78 is 66.3. The normalized spacial score (nSPS) is 16.3. The van der Waals surface area contributed by atoms with Gasteiger partial charge in [-0.2, -0.15) is 13.2 Å². The quantitative estimate of drug-likeness (QED) is 0.515. The van der Waals surface area contributed by atoms with Crippen molar-refractivity contribution in [3.05, 3.63) is 59.7 Å². The van der Waals surface area contributed by atoms with Gasteiger partial charge >= 0.3 is 12.1 Å². The second kappa shape index (κ2) is 10.4. The molecule has 0 bridgehead atoms. The van der Waals surface area contributed by atoms with Gasteiger partial charge in [0.1, 0.15) is 0 Å². The molecule has 1 heterocycles. The molecule has 0 aliphatic carbocycles. The molecule has 0 aromatic heterocycles. The maximum atomic E-state index is 12.9. The highest BCUT2D eigenvalue weighted by atomic mass is 32.2. The number of carbonyl (C=O) groups is 3. The van der Waals surface area contributed by atoms with Gasteiger partial charge in [-0.05, 0) is 42.3 Å². The minimum atomic E-state index is -4.57. The summed E-state index contributed by atoms with van der Waals surface area (Å²) >= 11 is 0. The van der Waals surface area contributed by atoms with Gasteiger partial charge in [0.05, 0.1) is 16.4 Å². The first kappa shape index (κ1) is 26.2. The molecule has 1 saturated heterocycles. The van der Waals surface area contributed by atoms with Crippen LogP contribution in [0.1, 0.15) is 17.5 Å². The Bertz CT molecular complexity index is 1220. The van der Waals surface area contributed by atoms with Crippen molar-refractivity contribution in [2.45, 2.75) is 23.9 Å². The lowest BCUT2D eigenvalue weighted by Crippen LogP contribution is -2.32. The Kier molecular flexibility index (Phi) is 7.80. The number of ether oxygens (including phenoxy) is 1. The lowest BCUT2D eigenvalue weighted by Gasteiger charge is -2.18. The van der Waals surface area contributed by atoms with E-state index in [4.69, 9.17) is 9.88 Å². The largest absolute Gasteiger partial charge is 0.455 e. The molecule has 1 aliphatic heterocycles. The standard InChI is InChI=1S/C22H22F3N3O6S/c23-22(24,25)16-2-1-3-17(11-16)28-12-15(10-20(28)30)21(31)34-13-19(29)27-9-8-14-4-6-18(7-5-14)35(26,32)33/h1-7,11,15H,8-10,12-13H2,(H,27,29)(H2,26,32,33)/t15-/m0/s1. The lowest BCUT2D eigenvalue weighted by molar-refractivity contribution is -0.152. The number of halogens is 3. The van der Waals surface area contributed by atoms with E-state index in [1.807, 2.05) is 0 Å². The number of carbonyl (C=O) groups excluding carboxylic acids is 3. The van der Waals surface area contributed by atoms with E-state index in [1.165, 1.54) is 24.3 Å². The van der Waals surface area contributed by atoms with E-state index in [0.717, 1.165) is 22.6 Å². The van der Waals surface area contributed by atoms with Crippen LogP contribution in [0.15, 0.2) is 53.4 Å². The van der Waals surface area contributed by atoms with E-state index in [2.05, 4.69) is 5.32 Å². The summed E-state index contributed by atoms with van der Waals surface area (Å²) in [5, 5.41) is 7.57. The van der Waals surface area contributed by atoms with Crippen molar-refractivity contribution < 1.29 is 40.7 Å². The molecule has 3 N–H and O–H groups in total. The second-order valence-corrected chi connectivity index (χ2v) is 9.41. The van der Waals surface area contributed by atoms with Crippen LogP contribution in [0.4, 0.5) is 18.9 Å². The van der Waals surface area contributed by atoms with Crippen LogP contribution in [-0.2, 0) is 41.7 Å². The first-order valence-corrected chi connectivity index (χ1v) is 11.9. The number of rotatable bonds is 8. The molecule has 0 radical (unpaired) electrons. The summed E-state index contributed by atoms with van der Waals surface area (Å²) in [7, 11) is -3.79. The third-order valence-electron chi connectivity index (χ3n) is 5.28. The molecule has 1 aliphatic rings. The number of esters is 1. The average molecular weight is 513 g/mol. The number of amides is 2. The van der Waals surface area contributed by atoms with Gasteiger partial charge < -0.3 is 15.0 Å². The molecule has 0 unspecified atom stereocenters. The molecule has 3 rings (SSSR count). The average Bonchev–Trinajstić information content (AvgIpc) is 3.18. The molecule has 13 heteroatoms. The fourth-order valence-corrected chi connectivity index (χ4v) is 3.98. The van der Waals surface area contributed by atoms with Gasteiger partial charge in [0, 0.05) is 25.2 Å². The highest BCUT2D eigenvalue weighted by molar-refractivity contribution is 7.89. The molecule has 0 spiro atoms. The van der Waals surface area contributed by atoms with Crippen LogP contribution in [0.2, 0.25) is 0 Å². The van der Waals surface area contributed by atoms with Crippen LogP contribution in [0.25, 0.3) is 0 Å². The first-order chi connectivity index (χ1) is 16.3. The Balaban J connectivity index is 1.45. The molecule has 35 heavy (non-hydrogen) atoms. The molecule has 188 valence electrons. The zero-order valence-electron chi connectivity index (χ0n) is 18.2. The van der Waals surface area contributed by atoms with E-state index in [9.17, 15) is 36.0 Å². The highest BCUT2D eigenvalue weighted by Crippen LogP contribution is 2.33. The van der Waals surface area contributed by atoms with Crippen molar-refractivity contribution >= 4 is 33.5 Å². The van der Waals surface area contributed by atoms with Crippen LogP contribution < -0.4 is 15.4 Å². The number of hydrogen-bond donors (Lipinski definition) is 2. The van der Waals surface area contributed by atoms with E-state index in [1.54, 1.807) is 12.1 Å². The zero-order valence-corrected chi connectivity index (χ0v) is 19.1. The monoisotopic (exact) mass is 513 g/mol. The number of anilines is 1. The summed E-state index contributed by atoms with van der Waals surface area (Å²) in [5.74, 6) is -2.83. The summed E-state index contributed by atoms with van der Waals surface area (Å²) in [4.78, 5) is 37.5. The Morgan fingerprint density at radius 2 is 1.83 bits per heavy atom. The number of hydrogen-bond acceptors (Lipinski definition) is 6. The van der Waals surface area contributed by atoms with E-state index in [0.29, 0.717) is 6.42 Å². The van der Waals surface area contributed by atoms with Crippen molar-refractivity contribution in [2.24, 2.45) is 11.1 Å². The second-order valence-electron chi connectivity index (χ2n) is 7.85. The van der Waals surface area contributed by atoms with Gasteiger partial charge in [0.2, 0.25) is 15.9 Å². The van der Waals surface area contributed by atoms with Gasteiger partial charge in [0.15, 0.2) is 6.61 Å². The lowest BCUT2D eigenvalue weighted by atomic mass is 10.1. The minimum absolute atomic E-state index is 0.0231. The summed E-state index contributed by atoms with van der Waals surface area (Å²) in [5.41, 5.74) is -0.144. The summed E-state index contributed by atoms with van der Waals surface area (Å²) in [6, 6.07) is 10.0. The predicted octanol–water partition coefficient (Wildman–Crippen LogP) is 1.61. The highest BCUT2D eigenvalue weighted by Gasteiger charge is 2.37. The summed E-state index contributed by atoms with van der Waals surface area (Å²) in [6.45, 7) is -0.553. The Morgan fingerprint density at radius 3 is 2.46 bits per heavy atom. The van der Waals surface area contributed by atoms with Gasteiger partial charge in [-0.25, -0.2) is 13.6 Å². The van der Waals surface area contributed by atoms with Crippen LogP contribution in [0.3, 0.4) is 0 Å². The van der Waals surface area contributed by atoms with Gasteiger partial charge in [0.25, 0.3) is 5.91 Å². The van der Waals surface area contributed by atoms with Crippen LogP contribution >= 0.6 is 0 Å². The van der Waals surface area contributed by atoms with E-state index >= 15 is 0 Å². The number of nitrogens with one attached hydrogen (secondary N) is 1. The number of benzene rings is 2. The SMILES string of the molecule is NS(=O)(=O)c1ccc(CCNC(=O)COC(=O)[C@H]2CC(=O)N(c3cccc(C(F)(F)F)c3)C2)cc1. The molecule has 2 aromatic carbocycles. The fraction of sp³-hybridized carbons (Fsp3) is 0.318.